The second kappa shape index (κ2) is 4.91. The van der Waals surface area contributed by atoms with Crippen LogP contribution in [0.25, 0.3) is 0 Å². The predicted octanol–water partition coefficient (Wildman–Crippen LogP) is 1.96. The molecular weight excluding hydrogens is 265 g/mol. The second-order valence-corrected chi connectivity index (χ2v) is 6.07. The van der Waals surface area contributed by atoms with E-state index in [1.165, 1.54) is 18.2 Å². The molecule has 1 rings (SSSR count). The number of halogens is 2. The molecule has 84 valence electrons. The molecule has 1 aromatic rings. The molecule has 0 aliphatic heterocycles. The first-order valence-corrected chi connectivity index (χ1v) is 7.22. The van der Waals surface area contributed by atoms with E-state index in [-0.39, 0.29) is 11.3 Å². The van der Waals surface area contributed by atoms with Gasteiger partial charge < -0.3 is 4.21 Å². The molecule has 0 N–H and O–H groups in total. The Labute approximate surface area is 92.8 Å². The summed E-state index contributed by atoms with van der Waals surface area (Å²) in [6, 6.07) is 5.59. The van der Waals surface area contributed by atoms with Crippen LogP contribution in [0.3, 0.4) is 0 Å². The minimum absolute atomic E-state index is 0.125. The number of hydrogen-bond donors (Lipinski definition) is 0. The van der Waals surface area contributed by atoms with Gasteiger partial charge in [-0.2, -0.15) is 19.0 Å². The Morgan fingerprint density at radius 3 is 2.53 bits per heavy atom. The average molecular weight is 271 g/mol. The molecule has 0 aromatic heterocycles. The number of nitrogens with zero attached hydrogens (tertiary/aromatic N) is 1. The first-order valence-electron chi connectivity index (χ1n) is 3.68. The fourth-order valence-corrected chi connectivity index (χ4v) is 2.95. The maximum absolute atomic E-state index is 13.0. The lowest BCUT2D eigenvalue weighted by molar-refractivity contribution is 0.593. The van der Waals surface area contributed by atoms with E-state index >= 15 is 0 Å². The molecule has 0 aliphatic rings. The zero-order valence-electron chi connectivity index (χ0n) is 7.26. The van der Waals surface area contributed by atoms with Crippen LogP contribution in [0.1, 0.15) is 5.56 Å². The van der Waals surface area contributed by atoms with Crippen molar-refractivity contribution in [3.63, 3.8) is 0 Å². The SMILES string of the molecule is O=[S-](Cc1ccccc1F)=NS(=O)(=O)Cl. The normalized spacial score (nSPS) is 14.0. The Kier molecular flexibility index (Phi) is 4.06. The molecule has 0 bridgehead atoms. The maximum Gasteiger partial charge on any atom is 0.318 e. The zero-order chi connectivity index (χ0) is 11.5. The van der Waals surface area contributed by atoms with Crippen molar-refractivity contribution >= 4 is 30.5 Å². The molecule has 0 heterocycles. The summed E-state index contributed by atoms with van der Waals surface area (Å²) in [6.45, 7) is 0. The summed E-state index contributed by atoms with van der Waals surface area (Å²) in [5, 5.41) is 0. The van der Waals surface area contributed by atoms with E-state index in [0.717, 1.165) is 0 Å². The van der Waals surface area contributed by atoms with Crippen LogP contribution in [0, 0.1) is 5.82 Å². The van der Waals surface area contributed by atoms with E-state index in [9.17, 15) is 17.0 Å². The van der Waals surface area contributed by atoms with Gasteiger partial charge in [0.2, 0.25) is 0 Å². The van der Waals surface area contributed by atoms with Crippen LogP contribution in [0.5, 0.6) is 0 Å². The topological polar surface area (TPSA) is 63.6 Å². The van der Waals surface area contributed by atoms with Crippen molar-refractivity contribution < 1.29 is 17.0 Å². The smallest absolute Gasteiger partial charge is 0.318 e. The highest BCUT2D eigenvalue weighted by molar-refractivity contribution is 8.15. The van der Waals surface area contributed by atoms with Gasteiger partial charge in [-0.25, -0.2) is 4.39 Å². The summed E-state index contributed by atoms with van der Waals surface area (Å²) >= 11 is 0. The summed E-state index contributed by atoms with van der Waals surface area (Å²) in [4.78, 5) is 0. The van der Waals surface area contributed by atoms with Gasteiger partial charge >= 0.3 is 9.24 Å². The molecule has 8 heteroatoms. The van der Waals surface area contributed by atoms with Crippen molar-refractivity contribution in [2.45, 2.75) is 5.75 Å². The minimum atomic E-state index is -4.18. The summed E-state index contributed by atoms with van der Waals surface area (Å²) in [7, 11) is -1.51. The third-order valence-corrected chi connectivity index (χ3v) is 3.85. The molecule has 1 aromatic carbocycles. The molecule has 0 radical (unpaired) electrons. The van der Waals surface area contributed by atoms with E-state index in [2.05, 4.69) is 3.77 Å². The van der Waals surface area contributed by atoms with E-state index in [0.29, 0.717) is 0 Å². The Morgan fingerprint density at radius 2 is 2.00 bits per heavy atom. The van der Waals surface area contributed by atoms with Gasteiger partial charge in [-0.3, -0.25) is 3.77 Å². The Hall–Kier alpha value is -0.660. The highest BCUT2D eigenvalue weighted by Gasteiger charge is 1.98. The molecule has 15 heavy (non-hydrogen) atoms. The van der Waals surface area contributed by atoms with Gasteiger partial charge in [0.1, 0.15) is 5.82 Å². The van der Waals surface area contributed by atoms with Gasteiger partial charge in [0, 0.05) is 10.7 Å². The number of benzene rings is 1. The molecule has 0 unspecified atom stereocenters. The van der Waals surface area contributed by atoms with Crippen LogP contribution in [0.15, 0.2) is 28.0 Å². The minimum Gasteiger partial charge on any atom is -0.443 e. The molecule has 0 saturated carbocycles. The fraction of sp³-hybridized carbons (Fsp3) is 0.143. The Balaban J connectivity index is 2.94. The largest absolute Gasteiger partial charge is 0.443 e. The quantitative estimate of drug-likeness (QED) is 0.623. The third-order valence-electron chi connectivity index (χ3n) is 1.41. The Morgan fingerprint density at radius 1 is 1.40 bits per heavy atom. The van der Waals surface area contributed by atoms with Crippen molar-refractivity contribution in [1.82, 2.24) is 0 Å². The van der Waals surface area contributed by atoms with E-state index in [1.807, 2.05) is 0 Å². The first-order chi connectivity index (χ1) is 6.88. The lowest BCUT2D eigenvalue weighted by atomic mass is 10.2. The molecule has 0 amide bonds. The van der Waals surface area contributed by atoms with Gasteiger partial charge in [-0.1, -0.05) is 24.0 Å². The van der Waals surface area contributed by atoms with Crippen LogP contribution in [0.4, 0.5) is 4.39 Å². The first kappa shape index (κ1) is 12.4. The lowest BCUT2D eigenvalue weighted by Gasteiger charge is -2.04. The predicted molar refractivity (Wildman–Crippen MR) is 55.4 cm³/mol. The summed E-state index contributed by atoms with van der Waals surface area (Å²) in [5.74, 6) is -0.883. The van der Waals surface area contributed by atoms with Crippen LogP contribution < -0.4 is 0 Å². The van der Waals surface area contributed by atoms with Gasteiger partial charge in [-0.15, -0.1) is 0 Å². The highest BCUT2D eigenvalue weighted by Crippen LogP contribution is 2.09. The van der Waals surface area contributed by atoms with Crippen molar-refractivity contribution in [2.75, 3.05) is 0 Å². The second-order valence-electron chi connectivity index (χ2n) is 2.54. The summed E-state index contributed by atoms with van der Waals surface area (Å²) in [6.07, 6.45) is 0. The third kappa shape index (κ3) is 4.59. The molecule has 0 fully saturated rings. The van der Waals surface area contributed by atoms with Gasteiger partial charge in [0.05, 0.1) is 0 Å². The summed E-state index contributed by atoms with van der Waals surface area (Å²) in [5.41, 5.74) is 0.125. The molecule has 0 spiro atoms. The van der Waals surface area contributed by atoms with Crippen LogP contribution in [0.2, 0.25) is 0 Å². The van der Waals surface area contributed by atoms with Crippen molar-refractivity contribution in [1.29, 1.82) is 0 Å². The van der Waals surface area contributed by atoms with Gasteiger partial charge in [-0.05, 0) is 11.6 Å². The number of rotatable bonds is 3. The average Bonchev–Trinajstić information content (AvgIpc) is 2.05. The maximum atomic E-state index is 13.0. The van der Waals surface area contributed by atoms with Crippen molar-refractivity contribution in [3.8, 4) is 0 Å². The van der Waals surface area contributed by atoms with E-state index in [1.54, 1.807) is 6.07 Å². The zero-order valence-corrected chi connectivity index (χ0v) is 9.65. The molecule has 0 atom stereocenters. The van der Waals surface area contributed by atoms with Crippen LogP contribution in [-0.2, 0) is 29.8 Å². The van der Waals surface area contributed by atoms with Crippen molar-refractivity contribution in [2.24, 2.45) is 3.77 Å². The number of hydrogen-bond acceptors (Lipinski definition) is 4. The van der Waals surface area contributed by atoms with E-state index < -0.39 is 25.6 Å². The molecule has 0 saturated heterocycles. The summed E-state index contributed by atoms with van der Waals surface area (Å²) < 4.78 is 47.8. The van der Waals surface area contributed by atoms with Gasteiger partial charge in [0.25, 0.3) is 0 Å². The molecular formula is C7H6ClFNO3S2-. The van der Waals surface area contributed by atoms with Crippen molar-refractivity contribution in [3.05, 3.63) is 35.6 Å². The van der Waals surface area contributed by atoms with Gasteiger partial charge in [0.15, 0.2) is 0 Å². The fourth-order valence-electron chi connectivity index (χ4n) is 0.874. The monoisotopic (exact) mass is 270 g/mol. The standard InChI is InChI=1S/C7H6ClFNO3S2/c8-15(12,13)10-14(11)5-6-3-1-2-4-7(6)9/h1-4H,5H2/q-1. The molecule has 4 nitrogen and oxygen atoms in total. The highest BCUT2D eigenvalue weighted by atomic mass is 35.7. The van der Waals surface area contributed by atoms with Crippen LogP contribution >= 0.6 is 10.7 Å². The Bertz CT molecular complexity index is 537. The lowest BCUT2D eigenvalue weighted by Crippen LogP contribution is -1.92. The molecule has 0 aliphatic carbocycles. The van der Waals surface area contributed by atoms with E-state index in [4.69, 9.17) is 10.7 Å². The van der Waals surface area contributed by atoms with Crippen LogP contribution in [-0.4, -0.2) is 8.42 Å².